The predicted molar refractivity (Wildman–Crippen MR) is 83.4 cm³/mol. The second-order valence-electron chi connectivity index (χ2n) is 6.66. The van der Waals surface area contributed by atoms with E-state index in [-0.39, 0.29) is 0 Å². The maximum absolute atomic E-state index is 3.72. The van der Waals surface area contributed by atoms with Gasteiger partial charge in [-0.05, 0) is 35.8 Å². The number of hydrogen-bond acceptors (Lipinski definition) is 2. The smallest absolute Gasteiger partial charge is 0.0617 e. The average molecular weight is 264 g/mol. The van der Waals surface area contributed by atoms with E-state index in [2.05, 4.69) is 47.1 Å². The van der Waals surface area contributed by atoms with Gasteiger partial charge in [-0.3, -0.25) is 0 Å². The minimum atomic E-state index is 0.634. The van der Waals surface area contributed by atoms with Crippen LogP contribution in [0.4, 0.5) is 11.4 Å². The molecule has 1 aromatic carbocycles. The van der Waals surface area contributed by atoms with Gasteiger partial charge in [0.1, 0.15) is 0 Å². The minimum absolute atomic E-state index is 0.634. The molecule has 2 heteroatoms. The minimum Gasteiger partial charge on any atom is -0.383 e. The first kappa shape index (κ1) is 11.0. The number of benzene rings is 1. The predicted octanol–water partition coefficient (Wildman–Crippen LogP) is 3.86. The molecule has 102 valence electrons. The summed E-state index contributed by atoms with van der Waals surface area (Å²) in [5.74, 6) is 2.80. The van der Waals surface area contributed by atoms with Gasteiger partial charge in [-0.25, -0.2) is 0 Å². The summed E-state index contributed by atoms with van der Waals surface area (Å²) in [7, 11) is 0. The first-order valence-electron chi connectivity index (χ1n) is 7.89. The zero-order chi connectivity index (χ0) is 13.1. The van der Waals surface area contributed by atoms with Crippen LogP contribution in [0.3, 0.4) is 0 Å². The molecule has 2 nitrogen and oxygen atoms in total. The van der Waals surface area contributed by atoms with Crippen molar-refractivity contribution in [3.63, 3.8) is 0 Å². The Morgan fingerprint density at radius 1 is 0.750 bits per heavy atom. The molecule has 0 spiro atoms. The van der Waals surface area contributed by atoms with Crippen LogP contribution in [-0.2, 0) is 0 Å². The van der Waals surface area contributed by atoms with E-state index in [9.17, 15) is 0 Å². The van der Waals surface area contributed by atoms with Gasteiger partial charge in [0.2, 0.25) is 0 Å². The van der Waals surface area contributed by atoms with Crippen molar-refractivity contribution in [2.24, 2.45) is 11.8 Å². The summed E-state index contributed by atoms with van der Waals surface area (Å²) in [5.41, 5.74) is 5.77. The van der Waals surface area contributed by atoms with Crippen molar-refractivity contribution in [1.29, 1.82) is 0 Å². The van der Waals surface area contributed by atoms with Crippen LogP contribution in [0.5, 0.6) is 0 Å². The van der Waals surface area contributed by atoms with Crippen molar-refractivity contribution in [3.8, 4) is 0 Å². The van der Waals surface area contributed by atoms with E-state index in [0.717, 1.165) is 24.9 Å². The Morgan fingerprint density at radius 2 is 1.25 bits per heavy atom. The summed E-state index contributed by atoms with van der Waals surface area (Å²) in [4.78, 5) is 0. The first-order valence-corrected chi connectivity index (χ1v) is 7.89. The highest BCUT2D eigenvalue weighted by Gasteiger charge is 2.36. The van der Waals surface area contributed by atoms with Crippen LogP contribution >= 0.6 is 0 Å². The van der Waals surface area contributed by atoms with Gasteiger partial charge in [-0.1, -0.05) is 36.4 Å². The van der Waals surface area contributed by atoms with Crippen molar-refractivity contribution >= 4 is 11.4 Å². The Hall–Kier alpha value is -1.70. The van der Waals surface area contributed by atoms with Gasteiger partial charge in [-0.15, -0.1) is 0 Å². The van der Waals surface area contributed by atoms with Crippen molar-refractivity contribution < 1.29 is 0 Å². The first-order chi connectivity index (χ1) is 9.92. The molecule has 0 radical (unpaired) electrons. The number of anilines is 2. The van der Waals surface area contributed by atoms with Gasteiger partial charge >= 0.3 is 0 Å². The summed E-state index contributed by atoms with van der Waals surface area (Å²) < 4.78 is 0. The van der Waals surface area contributed by atoms with E-state index in [0.29, 0.717) is 11.8 Å². The fourth-order valence-electron chi connectivity index (χ4n) is 4.58. The molecule has 0 fully saturated rings. The molecule has 2 N–H and O–H groups in total. The third-order valence-electron chi connectivity index (χ3n) is 5.65. The number of fused-ring (bicyclic) bond motifs is 7. The lowest BCUT2D eigenvalue weighted by molar-refractivity contribution is 0.511. The van der Waals surface area contributed by atoms with E-state index in [1.54, 1.807) is 0 Å². The molecule has 4 atom stereocenters. The van der Waals surface area contributed by atoms with Crippen LogP contribution in [-0.4, -0.2) is 13.1 Å². The Kier molecular flexibility index (Phi) is 2.15. The molecule has 0 amide bonds. The molecule has 5 rings (SSSR count). The molecule has 4 aliphatic rings. The van der Waals surface area contributed by atoms with Gasteiger partial charge in [0, 0.05) is 24.9 Å². The monoisotopic (exact) mass is 264 g/mol. The molecule has 0 bridgehead atoms. The maximum atomic E-state index is 3.72. The average Bonchev–Trinajstić information content (AvgIpc) is 3.14. The fraction of sp³-hybridized carbons (Fsp3) is 0.444. The van der Waals surface area contributed by atoms with Crippen LogP contribution in [0.1, 0.15) is 35.8 Å². The summed E-state index contributed by atoms with van der Waals surface area (Å²) >= 11 is 0. The molecular formula is C18H20N2. The third kappa shape index (κ3) is 1.34. The van der Waals surface area contributed by atoms with E-state index in [1.807, 2.05) is 0 Å². The summed E-state index contributed by atoms with van der Waals surface area (Å²) in [6, 6.07) is 4.76. The van der Waals surface area contributed by atoms with Crippen LogP contribution in [0, 0.1) is 11.8 Å². The van der Waals surface area contributed by atoms with Crippen molar-refractivity contribution in [1.82, 2.24) is 0 Å². The van der Waals surface area contributed by atoms with E-state index in [1.165, 1.54) is 35.3 Å². The quantitative estimate of drug-likeness (QED) is 0.695. The topological polar surface area (TPSA) is 24.1 Å². The molecule has 0 unspecified atom stereocenters. The highest BCUT2D eigenvalue weighted by atomic mass is 15.0. The second-order valence-corrected chi connectivity index (χ2v) is 6.66. The fourth-order valence-corrected chi connectivity index (χ4v) is 4.58. The zero-order valence-electron chi connectivity index (χ0n) is 11.6. The second kappa shape index (κ2) is 3.91. The van der Waals surface area contributed by atoms with Gasteiger partial charge in [0.05, 0.1) is 11.4 Å². The highest BCUT2D eigenvalue weighted by molar-refractivity contribution is 5.80. The highest BCUT2D eigenvalue weighted by Crippen LogP contribution is 2.50. The maximum Gasteiger partial charge on any atom is 0.0617 e. The lowest BCUT2D eigenvalue weighted by Gasteiger charge is -2.36. The molecule has 1 aromatic rings. The Morgan fingerprint density at radius 3 is 1.75 bits per heavy atom. The van der Waals surface area contributed by atoms with Crippen molar-refractivity contribution in [2.75, 3.05) is 23.7 Å². The van der Waals surface area contributed by atoms with Crippen molar-refractivity contribution in [2.45, 2.75) is 24.7 Å². The van der Waals surface area contributed by atoms with Crippen LogP contribution < -0.4 is 10.6 Å². The number of hydrogen-bond donors (Lipinski definition) is 2. The van der Waals surface area contributed by atoms with Crippen molar-refractivity contribution in [3.05, 3.63) is 47.6 Å². The standard InChI is InChI=1S/C18H20N2/c1-3-11-9-19-17-15(13(11)5-1)7-8-16-14-6-2-4-12(14)10-20-18(16)17/h1-2,5-8,11-14,19-20H,3-4,9-10H2/t11-,12-,13-,14-/m1/s1. The Balaban J connectivity index is 1.66. The molecule has 2 aliphatic carbocycles. The molecule has 0 saturated carbocycles. The Bertz CT molecular complexity index is 574. The van der Waals surface area contributed by atoms with E-state index >= 15 is 0 Å². The molecule has 0 aromatic heterocycles. The molecular weight excluding hydrogens is 244 g/mol. The Labute approximate surface area is 120 Å². The lowest BCUT2D eigenvalue weighted by atomic mass is 9.79. The van der Waals surface area contributed by atoms with E-state index < -0.39 is 0 Å². The van der Waals surface area contributed by atoms with Gasteiger partial charge < -0.3 is 10.6 Å². The number of allylic oxidation sites excluding steroid dienone is 4. The largest absolute Gasteiger partial charge is 0.383 e. The summed E-state index contributed by atoms with van der Waals surface area (Å²) in [6.07, 6.45) is 12.0. The molecule has 2 aliphatic heterocycles. The number of nitrogens with one attached hydrogen (secondary N) is 2. The third-order valence-corrected chi connectivity index (χ3v) is 5.65. The van der Waals surface area contributed by atoms with Crippen LogP contribution in [0.25, 0.3) is 0 Å². The van der Waals surface area contributed by atoms with Gasteiger partial charge in [0.15, 0.2) is 0 Å². The summed E-state index contributed by atoms with van der Waals surface area (Å²) in [5, 5.41) is 7.43. The summed E-state index contributed by atoms with van der Waals surface area (Å²) in [6.45, 7) is 2.24. The molecule has 2 heterocycles. The SMILES string of the molecule is C1=C[C@H]2c3ccc4c(c3NC[C@H]2C1)NC[C@H]1CC=C[C@@H]41. The normalized spacial score (nSPS) is 35.6. The molecule has 20 heavy (non-hydrogen) atoms. The van der Waals surface area contributed by atoms with Gasteiger partial charge in [-0.2, -0.15) is 0 Å². The molecule has 0 saturated heterocycles. The van der Waals surface area contributed by atoms with E-state index in [4.69, 9.17) is 0 Å². The van der Waals surface area contributed by atoms with Crippen LogP contribution in [0.15, 0.2) is 36.4 Å². The zero-order valence-corrected chi connectivity index (χ0v) is 11.6. The lowest BCUT2D eigenvalue weighted by Crippen LogP contribution is -2.29. The van der Waals surface area contributed by atoms with Crippen LogP contribution in [0.2, 0.25) is 0 Å². The van der Waals surface area contributed by atoms with Gasteiger partial charge in [0.25, 0.3) is 0 Å². The number of rotatable bonds is 0.